The second-order valence-electron chi connectivity index (χ2n) is 7.31. The lowest BCUT2D eigenvalue weighted by atomic mass is 10.3. The van der Waals surface area contributed by atoms with Gasteiger partial charge in [-0.2, -0.15) is 14.1 Å². The SMILES string of the molecule is O=C(c1ccc(=O)n(-c2ccccc2)n1)N1CCCN(S(=O)(=O)c2ccc(F)cc2)CC1. The van der Waals surface area contributed by atoms with E-state index < -0.39 is 15.8 Å². The standard InChI is InChI=1S/C22H21FN4O4S/c23-17-7-9-19(10-8-17)32(30,31)26-14-4-13-25(15-16-26)22(29)20-11-12-21(28)27(24-20)18-5-2-1-3-6-18/h1-3,5-12H,4,13-16H2. The van der Waals surface area contributed by atoms with Crippen LogP contribution in [0.5, 0.6) is 0 Å². The molecule has 0 N–H and O–H groups in total. The van der Waals surface area contributed by atoms with Crippen LogP contribution >= 0.6 is 0 Å². The van der Waals surface area contributed by atoms with Crippen LogP contribution in [0, 0.1) is 5.82 Å². The molecule has 1 fully saturated rings. The third-order valence-corrected chi connectivity index (χ3v) is 7.13. The van der Waals surface area contributed by atoms with E-state index in [1.165, 1.54) is 33.5 Å². The minimum atomic E-state index is -3.80. The van der Waals surface area contributed by atoms with Crippen molar-refractivity contribution in [2.75, 3.05) is 26.2 Å². The van der Waals surface area contributed by atoms with Crippen molar-refractivity contribution in [1.82, 2.24) is 19.0 Å². The first kappa shape index (κ1) is 21.8. The number of rotatable bonds is 4. The molecule has 0 spiro atoms. The van der Waals surface area contributed by atoms with Crippen molar-refractivity contribution in [2.45, 2.75) is 11.3 Å². The smallest absolute Gasteiger partial charge is 0.274 e. The van der Waals surface area contributed by atoms with E-state index in [2.05, 4.69) is 5.10 Å². The first-order chi connectivity index (χ1) is 15.4. The topological polar surface area (TPSA) is 92.6 Å². The normalized spacial score (nSPS) is 15.3. The second kappa shape index (κ2) is 9.01. The average Bonchev–Trinajstić information content (AvgIpc) is 3.07. The lowest BCUT2D eigenvalue weighted by Gasteiger charge is -2.22. The molecule has 1 aliphatic rings. The van der Waals surface area contributed by atoms with Gasteiger partial charge in [0.05, 0.1) is 10.6 Å². The molecule has 3 aromatic rings. The van der Waals surface area contributed by atoms with E-state index in [9.17, 15) is 22.4 Å². The minimum Gasteiger partial charge on any atom is -0.336 e. The number of hydrogen-bond donors (Lipinski definition) is 0. The Balaban J connectivity index is 1.52. The molecule has 0 unspecified atom stereocenters. The van der Waals surface area contributed by atoms with Crippen molar-refractivity contribution >= 4 is 15.9 Å². The number of sulfonamides is 1. The van der Waals surface area contributed by atoms with E-state index >= 15 is 0 Å². The highest BCUT2D eigenvalue weighted by atomic mass is 32.2. The summed E-state index contributed by atoms with van der Waals surface area (Å²) in [6, 6.07) is 16.1. The molecule has 2 aromatic carbocycles. The predicted molar refractivity (Wildman–Crippen MR) is 116 cm³/mol. The van der Waals surface area contributed by atoms with Gasteiger partial charge in [-0.05, 0) is 48.9 Å². The van der Waals surface area contributed by atoms with Crippen LogP contribution in [0.3, 0.4) is 0 Å². The fourth-order valence-corrected chi connectivity index (χ4v) is 5.00. The third kappa shape index (κ3) is 4.46. The molecule has 0 aliphatic carbocycles. The van der Waals surface area contributed by atoms with E-state index in [1.54, 1.807) is 24.3 Å². The fraction of sp³-hybridized carbons (Fsp3) is 0.227. The molecule has 32 heavy (non-hydrogen) atoms. The van der Waals surface area contributed by atoms with Crippen molar-refractivity contribution in [2.24, 2.45) is 0 Å². The number of nitrogens with zero attached hydrogens (tertiary/aromatic N) is 4. The van der Waals surface area contributed by atoms with Gasteiger partial charge in [-0.15, -0.1) is 0 Å². The Morgan fingerprint density at radius 2 is 1.59 bits per heavy atom. The Bertz CT molecular complexity index is 1280. The second-order valence-corrected chi connectivity index (χ2v) is 9.25. The Hall–Kier alpha value is -3.37. The molecular formula is C22H21FN4O4S. The summed E-state index contributed by atoms with van der Waals surface area (Å²) in [6.07, 6.45) is 0.435. The van der Waals surface area contributed by atoms with E-state index in [-0.39, 0.29) is 41.7 Å². The Morgan fingerprint density at radius 3 is 2.31 bits per heavy atom. The first-order valence-corrected chi connectivity index (χ1v) is 11.5. The molecule has 0 saturated carbocycles. The third-order valence-electron chi connectivity index (χ3n) is 5.21. The summed E-state index contributed by atoms with van der Waals surface area (Å²) in [4.78, 5) is 26.8. The monoisotopic (exact) mass is 456 g/mol. The minimum absolute atomic E-state index is 0.00952. The maximum Gasteiger partial charge on any atom is 0.274 e. The lowest BCUT2D eigenvalue weighted by molar-refractivity contribution is 0.0756. The summed E-state index contributed by atoms with van der Waals surface area (Å²) in [5.41, 5.74) is 0.281. The maximum atomic E-state index is 13.2. The lowest BCUT2D eigenvalue weighted by Crippen LogP contribution is -2.38. The van der Waals surface area contributed by atoms with Crippen molar-refractivity contribution in [3.63, 3.8) is 0 Å². The van der Waals surface area contributed by atoms with Gasteiger partial charge in [0.15, 0.2) is 0 Å². The van der Waals surface area contributed by atoms with E-state index in [0.717, 1.165) is 16.8 Å². The van der Waals surface area contributed by atoms with Gasteiger partial charge < -0.3 is 4.90 Å². The summed E-state index contributed by atoms with van der Waals surface area (Å²) in [7, 11) is -3.80. The number of halogens is 1. The van der Waals surface area contributed by atoms with Crippen LogP contribution in [-0.4, -0.2) is 59.5 Å². The summed E-state index contributed by atoms with van der Waals surface area (Å²) < 4.78 is 41.4. The molecule has 8 nitrogen and oxygen atoms in total. The van der Waals surface area contributed by atoms with Crippen molar-refractivity contribution in [1.29, 1.82) is 0 Å². The van der Waals surface area contributed by atoms with Gasteiger partial charge in [-0.25, -0.2) is 12.8 Å². The Kier molecular flexibility index (Phi) is 6.15. The van der Waals surface area contributed by atoms with Crippen LogP contribution in [0.4, 0.5) is 4.39 Å². The highest BCUT2D eigenvalue weighted by molar-refractivity contribution is 7.89. The van der Waals surface area contributed by atoms with Gasteiger partial charge in [-0.3, -0.25) is 9.59 Å². The number of amides is 1. The largest absolute Gasteiger partial charge is 0.336 e. The van der Waals surface area contributed by atoms with E-state index in [4.69, 9.17) is 0 Å². The van der Waals surface area contributed by atoms with Crippen molar-refractivity contribution in [3.05, 3.63) is 88.6 Å². The van der Waals surface area contributed by atoms with Crippen molar-refractivity contribution < 1.29 is 17.6 Å². The number of para-hydroxylation sites is 1. The zero-order valence-electron chi connectivity index (χ0n) is 17.1. The molecule has 0 radical (unpaired) electrons. The Labute approximate surface area is 184 Å². The Morgan fingerprint density at radius 1 is 0.875 bits per heavy atom. The molecule has 166 valence electrons. The van der Waals surface area contributed by atoms with Crippen LogP contribution in [0.25, 0.3) is 5.69 Å². The van der Waals surface area contributed by atoms with Crippen LogP contribution in [-0.2, 0) is 10.0 Å². The number of hydrogen-bond acceptors (Lipinski definition) is 5. The van der Waals surface area contributed by atoms with Gasteiger partial charge in [0.1, 0.15) is 11.5 Å². The van der Waals surface area contributed by atoms with Crippen molar-refractivity contribution in [3.8, 4) is 5.69 Å². The van der Waals surface area contributed by atoms with Gasteiger partial charge in [0.25, 0.3) is 11.5 Å². The molecule has 0 bridgehead atoms. The highest BCUT2D eigenvalue weighted by Gasteiger charge is 2.29. The molecule has 10 heteroatoms. The quantitative estimate of drug-likeness (QED) is 0.598. The molecule has 0 atom stereocenters. The summed E-state index contributed by atoms with van der Waals surface area (Å²) >= 11 is 0. The molecule has 2 heterocycles. The highest BCUT2D eigenvalue weighted by Crippen LogP contribution is 2.19. The van der Waals surface area contributed by atoms with Gasteiger partial charge in [-0.1, -0.05) is 18.2 Å². The van der Waals surface area contributed by atoms with Crippen LogP contribution < -0.4 is 5.56 Å². The molecule has 1 saturated heterocycles. The van der Waals surface area contributed by atoms with Gasteiger partial charge in [0, 0.05) is 32.2 Å². The number of benzene rings is 2. The fourth-order valence-electron chi connectivity index (χ4n) is 3.53. The summed E-state index contributed by atoms with van der Waals surface area (Å²) in [6.45, 7) is 0.857. The number of carbonyl (C=O) groups is 1. The summed E-state index contributed by atoms with van der Waals surface area (Å²) in [5.74, 6) is -0.892. The first-order valence-electron chi connectivity index (χ1n) is 10.1. The van der Waals surface area contributed by atoms with Gasteiger partial charge in [0.2, 0.25) is 10.0 Å². The number of aromatic nitrogens is 2. The zero-order chi connectivity index (χ0) is 22.7. The van der Waals surface area contributed by atoms with E-state index in [1.807, 2.05) is 6.07 Å². The van der Waals surface area contributed by atoms with Gasteiger partial charge >= 0.3 is 0 Å². The molecule has 1 aliphatic heterocycles. The predicted octanol–water partition coefficient (Wildman–Crippen LogP) is 1.91. The average molecular weight is 456 g/mol. The van der Waals surface area contributed by atoms with E-state index in [0.29, 0.717) is 18.7 Å². The molecule has 4 rings (SSSR count). The molecule has 1 aromatic heterocycles. The maximum absolute atomic E-state index is 13.2. The van der Waals surface area contributed by atoms with Crippen LogP contribution in [0.1, 0.15) is 16.9 Å². The zero-order valence-corrected chi connectivity index (χ0v) is 17.9. The van der Waals surface area contributed by atoms with Crippen LogP contribution in [0.15, 0.2) is 76.4 Å². The summed E-state index contributed by atoms with van der Waals surface area (Å²) in [5, 5.41) is 4.22. The number of carbonyl (C=O) groups excluding carboxylic acids is 1. The molecular weight excluding hydrogens is 435 g/mol. The van der Waals surface area contributed by atoms with Crippen LogP contribution in [0.2, 0.25) is 0 Å². The molecule has 1 amide bonds.